The Hall–Kier alpha value is -1.96. The van der Waals surface area contributed by atoms with Crippen molar-refractivity contribution < 1.29 is 0 Å². The van der Waals surface area contributed by atoms with Crippen LogP contribution in [0.2, 0.25) is 0 Å². The summed E-state index contributed by atoms with van der Waals surface area (Å²) in [6.45, 7) is 4.27. The molecule has 19 heavy (non-hydrogen) atoms. The molecule has 0 amide bonds. The Balaban J connectivity index is 2.03. The number of azo groups is 1. The maximum Gasteiger partial charge on any atom is 0.0859 e. The number of nitrogens with zero attached hydrogens (tertiary/aromatic N) is 2. The highest BCUT2D eigenvalue weighted by atomic mass is 15.1. The van der Waals surface area contributed by atoms with E-state index in [0.717, 1.165) is 17.8 Å². The summed E-state index contributed by atoms with van der Waals surface area (Å²) in [5, 5.41) is 8.52. The van der Waals surface area contributed by atoms with Gasteiger partial charge in [-0.3, -0.25) is 0 Å². The van der Waals surface area contributed by atoms with E-state index in [-0.39, 0.29) is 0 Å². The minimum atomic E-state index is 0.898. The zero-order chi connectivity index (χ0) is 13.5. The number of hydrogen-bond acceptors (Lipinski definition) is 2. The summed E-state index contributed by atoms with van der Waals surface area (Å²) in [6, 6.07) is 16.4. The van der Waals surface area contributed by atoms with Crippen LogP contribution in [0.25, 0.3) is 0 Å². The lowest BCUT2D eigenvalue weighted by molar-refractivity contribution is 0.795. The van der Waals surface area contributed by atoms with E-state index in [1.54, 1.807) is 0 Å². The summed E-state index contributed by atoms with van der Waals surface area (Å²) in [5.74, 6) is 0. The fourth-order valence-electron chi connectivity index (χ4n) is 1.92. The summed E-state index contributed by atoms with van der Waals surface area (Å²) in [6.07, 6.45) is 3.62. The molecule has 0 atom stereocenters. The maximum atomic E-state index is 4.26. The smallest absolute Gasteiger partial charge is 0.0859 e. The van der Waals surface area contributed by atoms with E-state index >= 15 is 0 Å². The molecule has 2 rings (SSSR count). The van der Waals surface area contributed by atoms with Crippen LogP contribution in [0.15, 0.2) is 58.8 Å². The van der Waals surface area contributed by atoms with Gasteiger partial charge in [-0.1, -0.05) is 37.6 Å². The molecule has 98 valence electrons. The van der Waals surface area contributed by atoms with Crippen LogP contribution >= 0.6 is 0 Å². The molecule has 0 aliphatic rings. The van der Waals surface area contributed by atoms with Crippen molar-refractivity contribution in [2.45, 2.75) is 33.1 Å². The first-order valence-corrected chi connectivity index (χ1v) is 6.85. The molecule has 0 saturated carbocycles. The van der Waals surface area contributed by atoms with E-state index < -0.39 is 0 Å². The van der Waals surface area contributed by atoms with Crippen LogP contribution in [0.3, 0.4) is 0 Å². The zero-order valence-electron chi connectivity index (χ0n) is 11.6. The predicted octanol–water partition coefficient (Wildman–Crippen LogP) is 5.75. The highest BCUT2D eigenvalue weighted by molar-refractivity contribution is 5.42. The van der Waals surface area contributed by atoms with Crippen molar-refractivity contribution in [3.8, 4) is 0 Å². The van der Waals surface area contributed by atoms with Gasteiger partial charge in [0, 0.05) is 0 Å². The van der Waals surface area contributed by atoms with Crippen molar-refractivity contribution >= 4 is 11.4 Å². The second-order valence-corrected chi connectivity index (χ2v) is 4.81. The minimum Gasteiger partial charge on any atom is -0.151 e. The van der Waals surface area contributed by atoms with Gasteiger partial charge < -0.3 is 0 Å². The number of rotatable bonds is 5. The second kappa shape index (κ2) is 6.83. The van der Waals surface area contributed by atoms with Crippen LogP contribution < -0.4 is 0 Å². The van der Waals surface area contributed by atoms with Crippen LogP contribution in [-0.4, -0.2) is 0 Å². The van der Waals surface area contributed by atoms with E-state index in [1.165, 1.54) is 24.0 Å². The molecule has 0 radical (unpaired) electrons. The monoisotopic (exact) mass is 252 g/mol. The van der Waals surface area contributed by atoms with Crippen molar-refractivity contribution in [3.63, 3.8) is 0 Å². The first kappa shape index (κ1) is 13.5. The maximum absolute atomic E-state index is 4.26. The van der Waals surface area contributed by atoms with Gasteiger partial charge in [-0.15, -0.1) is 0 Å². The fourth-order valence-corrected chi connectivity index (χ4v) is 1.92. The Morgan fingerprint density at radius 1 is 0.895 bits per heavy atom. The number of hydrogen-bond donors (Lipinski definition) is 0. The quantitative estimate of drug-likeness (QED) is 0.605. The van der Waals surface area contributed by atoms with Gasteiger partial charge in [-0.05, 0) is 55.2 Å². The van der Waals surface area contributed by atoms with Gasteiger partial charge in [-0.25, -0.2) is 0 Å². The Morgan fingerprint density at radius 3 is 2.32 bits per heavy atom. The van der Waals surface area contributed by atoms with Crippen molar-refractivity contribution in [2.24, 2.45) is 10.2 Å². The van der Waals surface area contributed by atoms with Crippen LogP contribution in [0, 0.1) is 6.92 Å². The normalized spacial score (nSPS) is 11.1. The Morgan fingerprint density at radius 2 is 1.63 bits per heavy atom. The number of unbranched alkanes of at least 4 members (excludes halogenated alkanes) is 1. The Labute approximate surface area is 115 Å². The first-order valence-electron chi connectivity index (χ1n) is 6.85. The molecule has 0 heterocycles. The third kappa shape index (κ3) is 4.32. The number of aryl methyl sites for hydroxylation is 2. The van der Waals surface area contributed by atoms with Crippen LogP contribution in [-0.2, 0) is 6.42 Å². The third-order valence-electron chi connectivity index (χ3n) is 3.04. The van der Waals surface area contributed by atoms with Crippen molar-refractivity contribution in [3.05, 3.63) is 59.7 Å². The summed E-state index contributed by atoms with van der Waals surface area (Å²) in [5.41, 5.74) is 4.37. The van der Waals surface area contributed by atoms with Crippen molar-refractivity contribution in [2.75, 3.05) is 0 Å². The fraction of sp³-hybridized carbons (Fsp3) is 0.294. The lowest BCUT2D eigenvalue weighted by Crippen LogP contribution is -1.82. The van der Waals surface area contributed by atoms with E-state index in [0.29, 0.717) is 0 Å². The summed E-state index contributed by atoms with van der Waals surface area (Å²) in [7, 11) is 0. The summed E-state index contributed by atoms with van der Waals surface area (Å²) < 4.78 is 0. The van der Waals surface area contributed by atoms with Crippen molar-refractivity contribution in [1.82, 2.24) is 0 Å². The molecule has 0 unspecified atom stereocenters. The molecule has 2 aromatic carbocycles. The SMILES string of the molecule is CCCCc1ccc(/N=N/c2cccc(C)c2)cc1. The van der Waals surface area contributed by atoms with Crippen LogP contribution in [0.1, 0.15) is 30.9 Å². The standard InChI is InChI=1S/C17H20N2/c1-3-4-7-15-9-11-16(12-10-15)18-19-17-8-5-6-14(2)13-17/h5-6,8-13H,3-4,7H2,1-2H3/b19-18+. The molecule has 0 aliphatic carbocycles. The van der Waals surface area contributed by atoms with E-state index in [1.807, 2.05) is 30.3 Å². The summed E-state index contributed by atoms with van der Waals surface area (Å²) in [4.78, 5) is 0. The Bertz CT molecular complexity index is 541. The lowest BCUT2D eigenvalue weighted by Gasteiger charge is -1.99. The van der Waals surface area contributed by atoms with Gasteiger partial charge in [0.1, 0.15) is 0 Å². The zero-order valence-corrected chi connectivity index (χ0v) is 11.6. The molecule has 0 fully saturated rings. The van der Waals surface area contributed by atoms with Crippen molar-refractivity contribution in [1.29, 1.82) is 0 Å². The van der Waals surface area contributed by atoms with Crippen LogP contribution in [0.5, 0.6) is 0 Å². The average molecular weight is 252 g/mol. The van der Waals surface area contributed by atoms with Gasteiger partial charge in [0.2, 0.25) is 0 Å². The highest BCUT2D eigenvalue weighted by Crippen LogP contribution is 2.19. The topological polar surface area (TPSA) is 24.7 Å². The van der Waals surface area contributed by atoms with Gasteiger partial charge in [0.25, 0.3) is 0 Å². The Kier molecular flexibility index (Phi) is 4.85. The molecule has 0 N–H and O–H groups in total. The van der Waals surface area contributed by atoms with Crippen LogP contribution in [0.4, 0.5) is 11.4 Å². The third-order valence-corrected chi connectivity index (χ3v) is 3.04. The molecule has 0 aliphatic heterocycles. The van der Waals surface area contributed by atoms with Gasteiger partial charge in [0.05, 0.1) is 11.4 Å². The lowest BCUT2D eigenvalue weighted by atomic mass is 10.1. The molecule has 0 aromatic heterocycles. The first-order chi connectivity index (χ1) is 9.28. The highest BCUT2D eigenvalue weighted by Gasteiger charge is 1.94. The van der Waals surface area contributed by atoms with Gasteiger partial charge in [-0.2, -0.15) is 10.2 Å². The molecular weight excluding hydrogens is 232 g/mol. The van der Waals surface area contributed by atoms with E-state index in [4.69, 9.17) is 0 Å². The molecule has 0 spiro atoms. The largest absolute Gasteiger partial charge is 0.151 e. The van der Waals surface area contributed by atoms with Gasteiger partial charge in [0.15, 0.2) is 0 Å². The van der Waals surface area contributed by atoms with E-state index in [2.05, 4.69) is 42.3 Å². The minimum absolute atomic E-state index is 0.898. The number of benzene rings is 2. The molecule has 0 bridgehead atoms. The van der Waals surface area contributed by atoms with E-state index in [9.17, 15) is 0 Å². The molecule has 2 nitrogen and oxygen atoms in total. The molecule has 2 heteroatoms. The molecule has 0 saturated heterocycles. The molecule has 2 aromatic rings. The second-order valence-electron chi connectivity index (χ2n) is 4.81. The van der Waals surface area contributed by atoms with Gasteiger partial charge >= 0.3 is 0 Å². The average Bonchev–Trinajstić information content (AvgIpc) is 2.44. The molecular formula is C17H20N2. The summed E-state index contributed by atoms with van der Waals surface area (Å²) >= 11 is 0. The predicted molar refractivity (Wildman–Crippen MR) is 80.4 cm³/mol.